The molecule has 1 aliphatic heterocycles. The van der Waals surface area contributed by atoms with Gasteiger partial charge in [-0.2, -0.15) is 0 Å². The van der Waals surface area contributed by atoms with E-state index in [1.165, 1.54) is 18.9 Å². The zero-order valence-electron chi connectivity index (χ0n) is 10.0. The lowest BCUT2D eigenvalue weighted by Gasteiger charge is -2.24. The Morgan fingerprint density at radius 1 is 1.47 bits per heavy atom. The lowest BCUT2D eigenvalue weighted by molar-refractivity contribution is 0.242. The van der Waals surface area contributed by atoms with Gasteiger partial charge in [-0.05, 0) is 50.2 Å². The zero-order valence-corrected chi connectivity index (χ0v) is 10.8. The van der Waals surface area contributed by atoms with Gasteiger partial charge in [0.2, 0.25) is 0 Å². The highest BCUT2D eigenvalue weighted by molar-refractivity contribution is 6.30. The van der Waals surface area contributed by atoms with E-state index in [4.69, 9.17) is 11.6 Å². The van der Waals surface area contributed by atoms with E-state index in [9.17, 15) is 4.39 Å². The van der Waals surface area contributed by atoms with Crippen molar-refractivity contribution in [2.45, 2.75) is 25.4 Å². The predicted octanol–water partition coefficient (Wildman–Crippen LogP) is 2.66. The van der Waals surface area contributed by atoms with Crippen molar-refractivity contribution >= 4 is 11.6 Å². The van der Waals surface area contributed by atoms with Gasteiger partial charge in [-0.25, -0.2) is 4.39 Å². The maximum absolute atomic E-state index is 13.2. The van der Waals surface area contributed by atoms with Crippen LogP contribution in [0.5, 0.6) is 0 Å². The molecule has 0 radical (unpaired) electrons. The smallest absolute Gasteiger partial charge is 0.125 e. The zero-order chi connectivity index (χ0) is 12.3. The van der Waals surface area contributed by atoms with Crippen LogP contribution in [0.15, 0.2) is 18.2 Å². The molecule has 2 nitrogen and oxygen atoms in total. The quantitative estimate of drug-likeness (QED) is 0.891. The molecule has 1 N–H and O–H groups in total. The number of benzene rings is 1. The number of nitrogens with zero attached hydrogens (tertiary/aromatic N) is 1. The van der Waals surface area contributed by atoms with Gasteiger partial charge in [-0.3, -0.25) is 4.90 Å². The minimum atomic E-state index is -0.253. The highest BCUT2D eigenvalue weighted by Gasteiger charge is 2.23. The molecule has 0 saturated carbocycles. The number of hydrogen-bond donors (Lipinski definition) is 1. The summed E-state index contributed by atoms with van der Waals surface area (Å²) in [6, 6.07) is 5.32. The third kappa shape index (κ3) is 3.41. The first-order valence-electron chi connectivity index (χ1n) is 6.02. The molecule has 1 aliphatic rings. The Morgan fingerprint density at radius 3 is 3.00 bits per heavy atom. The fourth-order valence-electron chi connectivity index (χ4n) is 2.51. The van der Waals surface area contributed by atoms with Crippen LogP contribution in [0, 0.1) is 5.82 Å². The number of hydrogen-bond acceptors (Lipinski definition) is 2. The predicted molar refractivity (Wildman–Crippen MR) is 68.8 cm³/mol. The van der Waals surface area contributed by atoms with Gasteiger partial charge in [0.1, 0.15) is 5.82 Å². The summed E-state index contributed by atoms with van der Waals surface area (Å²) in [7, 11) is 1.97. The van der Waals surface area contributed by atoms with Gasteiger partial charge in [-0.15, -0.1) is 0 Å². The van der Waals surface area contributed by atoms with Crippen LogP contribution in [-0.2, 0) is 6.54 Å². The minimum Gasteiger partial charge on any atom is -0.318 e. The summed E-state index contributed by atoms with van der Waals surface area (Å²) in [5.41, 5.74) is 0.956. The van der Waals surface area contributed by atoms with Crippen LogP contribution in [0.2, 0.25) is 5.02 Å². The Morgan fingerprint density at radius 2 is 2.29 bits per heavy atom. The van der Waals surface area contributed by atoms with Gasteiger partial charge in [-0.1, -0.05) is 11.6 Å². The topological polar surface area (TPSA) is 15.3 Å². The van der Waals surface area contributed by atoms with E-state index < -0.39 is 0 Å². The molecule has 1 fully saturated rings. The lowest BCUT2D eigenvalue weighted by atomic mass is 10.1. The van der Waals surface area contributed by atoms with Gasteiger partial charge in [0, 0.05) is 24.2 Å². The first-order valence-corrected chi connectivity index (χ1v) is 6.40. The average Bonchev–Trinajstić information content (AvgIpc) is 2.65. The van der Waals surface area contributed by atoms with Crippen molar-refractivity contribution in [1.29, 1.82) is 0 Å². The molecule has 1 saturated heterocycles. The molecule has 1 heterocycles. The van der Waals surface area contributed by atoms with Gasteiger partial charge in [0.25, 0.3) is 0 Å². The highest BCUT2D eigenvalue weighted by Crippen LogP contribution is 2.21. The van der Waals surface area contributed by atoms with Gasteiger partial charge < -0.3 is 5.32 Å². The minimum absolute atomic E-state index is 0.253. The molecule has 1 atom stereocenters. The Bertz CT molecular complexity index is 363. The summed E-state index contributed by atoms with van der Waals surface area (Å²) >= 11 is 5.86. The Kier molecular flexibility index (Phi) is 4.37. The molecule has 17 heavy (non-hydrogen) atoms. The highest BCUT2D eigenvalue weighted by atomic mass is 35.5. The van der Waals surface area contributed by atoms with Crippen LogP contribution in [0.4, 0.5) is 4.39 Å². The Labute approximate surface area is 107 Å². The van der Waals surface area contributed by atoms with Crippen molar-refractivity contribution in [3.8, 4) is 0 Å². The monoisotopic (exact) mass is 256 g/mol. The molecule has 1 aromatic carbocycles. The molecular formula is C13H18ClFN2. The Hall–Kier alpha value is -0.640. The third-order valence-corrected chi connectivity index (χ3v) is 3.47. The number of likely N-dealkylation sites (tertiary alicyclic amines) is 1. The largest absolute Gasteiger partial charge is 0.318 e. The maximum Gasteiger partial charge on any atom is 0.125 e. The second kappa shape index (κ2) is 5.80. The van der Waals surface area contributed by atoms with Gasteiger partial charge >= 0.3 is 0 Å². The molecule has 1 unspecified atom stereocenters. The second-order valence-corrected chi connectivity index (χ2v) is 5.04. The molecule has 0 aromatic heterocycles. The number of rotatable bonds is 4. The van der Waals surface area contributed by atoms with E-state index in [-0.39, 0.29) is 5.82 Å². The van der Waals surface area contributed by atoms with Gasteiger partial charge in [0.05, 0.1) is 0 Å². The summed E-state index contributed by atoms with van der Waals surface area (Å²) in [5, 5.41) is 3.68. The molecule has 94 valence electrons. The average molecular weight is 257 g/mol. The molecule has 2 rings (SSSR count). The van der Waals surface area contributed by atoms with Crippen molar-refractivity contribution in [2.75, 3.05) is 20.1 Å². The van der Waals surface area contributed by atoms with E-state index in [2.05, 4.69) is 10.2 Å². The van der Waals surface area contributed by atoms with Gasteiger partial charge in [0.15, 0.2) is 0 Å². The van der Waals surface area contributed by atoms with E-state index in [1.54, 1.807) is 6.07 Å². The van der Waals surface area contributed by atoms with Crippen LogP contribution in [-0.4, -0.2) is 31.1 Å². The van der Waals surface area contributed by atoms with Crippen molar-refractivity contribution in [2.24, 2.45) is 0 Å². The van der Waals surface area contributed by atoms with E-state index in [0.29, 0.717) is 11.1 Å². The van der Waals surface area contributed by atoms with Crippen molar-refractivity contribution in [1.82, 2.24) is 10.2 Å². The summed E-state index contributed by atoms with van der Waals surface area (Å²) in [6.45, 7) is 2.85. The molecule has 4 heteroatoms. The molecule has 1 aromatic rings. The normalized spacial score (nSPS) is 21.0. The van der Waals surface area contributed by atoms with E-state index in [1.807, 2.05) is 13.1 Å². The Balaban J connectivity index is 2.04. The SMILES string of the molecule is CNCC1CCCN1Cc1cc(F)cc(Cl)c1. The molecule has 0 amide bonds. The first-order chi connectivity index (χ1) is 8.19. The van der Waals surface area contributed by atoms with Crippen LogP contribution >= 0.6 is 11.6 Å². The summed E-state index contributed by atoms with van der Waals surface area (Å²) in [4.78, 5) is 2.39. The number of halogens is 2. The summed E-state index contributed by atoms with van der Waals surface area (Å²) < 4.78 is 13.2. The fourth-order valence-corrected chi connectivity index (χ4v) is 2.75. The van der Waals surface area contributed by atoms with Crippen molar-refractivity contribution in [3.63, 3.8) is 0 Å². The second-order valence-electron chi connectivity index (χ2n) is 4.60. The van der Waals surface area contributed by atoms with Crippen molar-refractivity contribution in [3.05, 3.63) is 34.6 Å². The summed E-state index contributed by atoms with van der Waals surface area (Å²) in [5.74, 6) is -0.253. The van der Waals surface area contributed by atoms with Crippen LogP contribution in [0.1, 0.15) is 18.4 Å². The molecular weight excluding hydrogens is 239 g/mol. The van der Waals surface area contributed by atoms with Crippen molar-refractivity contribution < 1.29 is 4.39 Å². The molecule has 0 bridgehead atoms. The van der Waals surface area contributed by atoms with E-state index >= 15 is 0 Å². The fraction of sp³-hybridized carbons (Fsp3) is 0.538. The van der Waals surface area contributed by atoms with Crippen LogP contribution in [0.3, 0.4) is 0 Å². The molecule has 0 spiro atoms. The molecule has 0 aliphatic carbocycles. The summed E-state index contributed by atoms with van der Waals surface area (Å²) in [6.07, 6.45) is 2.43. The first kappa shape index (κ1) is 12.8. The number of likely N-dealkylation sites (N-methyl/N-ethyl adjacent to an activating group) is 1. The standard InChI is InChI=1S/C13H18ClFN2/c1-16-8-13-3-2-4-17(13)9-10-5-11(14)7-12(15)6-10/h5-7,13,16H,2-4,8-9H2,1H3. The third-order valence-electron chi connectivity index (χ3n) is 3.25. The van der Waals surface area contributed by atoms with Crippen LogP contribution < -0.4 is 5.32 Å². The lowest BCUT2D eigenvalue weighted by Crippen LogP contribution is -2.36. The van der Waals surface area contributed by atoms with Crippen LogP contribution in [0.25, 0.3) is 0 Å². The maximum atomic E-state index is 13.2. The number of nitrogens with one attached hydrogen (secondary N) is 1. The van der Waals surface area contributed by atoms with E-state index in [0.717, 1.165) is 25.2 Å².